The second-order valence-corrected chi connectivity index (χ2v) is 2.49. The number of nitrogens with zero attached hydrogens (tertiary/aromatic N) is 2. The van der Waals surface area contributed by atoms with Gasteiger partial charge in [0.2, 0.25) is 0 Å². The van der Waals surface area contributed by atoms with E-state index in [1.807, 2.05) is 0 Å². The second-order valence-electron chi connectivity index (χ2n) is 2.49. The smallest absolute Gasteiger partial charge is 0.185 e. The number of imidazole rings is 1. The van der Waals surface area contributed by atoms with Gasteiger partial charge in [0.25, 0.3) is 0 Å². The van der Waals surface area contributed by atoms with Crippen LogP contribution in [0.15, 0.2) is 17.5 Å². The van der Waals surface area contributed by atoms with Gasteiger partial charge in [0, 0.05) is 18.4 Å². The predicted octanol–water partition coefficient (Wildman–Crippen LogP) is 0.234. The average Bonchev–Trinajstić information content (AvgIpc) is 2.49. The Bertz CT molecular complexity index is 239. The van der Waals surface area contributed by atoms with Gasteiger partial charge in [0.1, 0.15) is 0 Å². The lowest BCUT2D eigenvalue weighted by atomic mass is 10.2. The molecule has 13 heavy (non-hydrogen) atoms. The zero-order valence-electron chi connectivity index (χ0n) is 7.23. The van der Waals surface area contributed by atoms with Crippen molar-refractivity contribution in [2.24, 2.45) is 16.5 Å². The summed E-state index contributed by atoms with van der Waals surface area (Å²) < 4.78 is 0. The predicted molar refractivity (Wildman–Crippen MR) is 63.0 cm³/mol. The molecule has 0 atom stereocenters. The van der Waals surface area contributed by atoms with Crippen LogP contribution in [-0.2, 0) is 6.42 Å². The van der Waals surface area contributed by atoms with Crippen molar-refractivity contribution in [2.75, 3.05) is 6.54 Å². The van der Waals surface area contributed by atoms with Gasteiger partial charge < -0.3 is 16.5 Å². The van der Waals surface area contributed by atoms with Gasteiger partial charge in [0.05, 0.1) is 6.33 Å². The van der Waals surface area contributed by atoms with Crippen LogP contribution in [0.5, 0.6) is 0 Å². The number of rotatable bonds is 4. The lowest BCUT2D eigenvalue weighted by molar-refractivity contribution is 0.814. The Morgan fingerprint density at radius 3 is 2.85 bits per heavy atom. The van der Waals surface area contributed by atoms with E-state index in [0.717, 1.165) is 18.5 Å². The summed E-state index contributed by atoms with van der Waals surface area (Å²) in [5.74, 6) is 0.152. The number of hydrogen-bond donors (Lipinski definition) is 3. The van der Waals surface area contributed by atoms with Gasteiger partial charge in [-0.25, -0.2) is 4.98 Å². The van der Waals surface area contributed by atoms with E-state index in [2.05, 4.69) is 15.0 Å². The molecule has 6 heteroatoms. The molecule has 0 aliphatic heterocycles. The van der Waals surface area contributed by atoms with E-state index in [-0.39, 0.29) is 29.9 Å². The maximum atomic E-state index is 5.16. The Morgan fingerprint density at radius 2 is 2.31 bits per heavy atom. The first-order valence-electron chi connectivity index (χ1n) is 3.81. The maximum absolute atomic E-state index is 5.16. The van der Waals surface area contributed by atoms with E-state index in [1.165, 1.54) is 0 Å². The summed E-state index contributed by atoms with van der Waals surface area (Å²) in [6.45, 7) is 0.668. The lowest BCUT2D eigenvalue weighted by Gasteiger charge is -1.94. The molecular formula is C7H14IN5. The van der Waals surface area contributed by atoms with Gasteiger partial charge in [-0.3, -0.25) is 4.99 Å². The van der Waals surface area contributed by atoms with Gasteiger partial charge in [-0.15, -0.1) is 24.0 Å². The number of guanidine groups is 1. The van der Waals surface area contributed by atoms with Crippen LogP contribution in [0.4, 0.5) is 0 Å². The number of aromatic amines is 1. The molecule has 0 aliphatic carbocycles. The molecule has 5 nitrogen and oxygen atoms in total. The van der Waals surface area contributed by atoms with Crippen molar-refractivity contribution in [3.63, 3.8) is 0 Å². The molecule has 0 fully saturated rings. The van der Waals surface area contributed by atoms with Crippen molar-refractivity contribution in [2.45, 2.75) is 12.8 Å². The third-order valence-electron chi connectivity index (χ3n) is 1.45. The normalized spacial score (nSPS) is 8.92. The summed E-state index contributed by atoms with van der Waals surface area (Å²) in [6, 6.07) is 0. The van der Waals surface area contributed by atoms with Gasteiger partial charge in [-0.1, -0.05) is 0 Å². The third-order valence-corrected chi connectivity index (χ3v) is 1.45. The van der Waals surface area contributed by atoms with E-state index < -0.39 is 0 Å². The topological polar surface area (TPSA) is 93.1 Å². The quantitative estimate of drug-likeness (QED) is 0.321. The minimum atomic E-state index is 0. The molecule has 0 saturated carbocycles. The van der Waals surface area contributed by atoms with E-state index in [9.17, 15) is 0 Å². The molecule has 0 amide bonds. The van der Waals surface area contributed by atoms with Gasteiger partial charge in [-0.05, 0) is 12.8 Å². The number of nitrogens with two attached hydrogens (primary N) is 2. The molecule has 0 aliphatic rings. The summed E-state index contributed by atoms with van der Waals surface area (Å²) in [4.78, 5) is 10.8. The number of aliphatic imine (C=N–C) groups is 1. The molecule has 5 N–H and O–H groups in total. The number of hydrogen-bond acceptors (Lipinski definition) is 2. The molecule has 74 valence electrons. The highest BCUT2D eigenvalue weighted by molar-refractivity contribution is 14.0. The van der Waals surface area contributed by atoms with Crippen molar-refractivity contribution >= 4 is 29.9 Å². The summed E-state index contributed by atoms with van der Waals surface area (Å²) in [7, 11) is 0. The van der Waals surface area contributed by atoms with Crippen LogP contribution >= 0.6 is 24.0 Å². The van der Waals surface area contributed by atoms with E-state index in [4.69, 9.17) is 11.5 Å². The fourth-order valence-corrected chi connectivity index (χ4v) is 0.899. The summed E-state index contributed by atoms with van der Waals surface area (Å²) >= 11 is 0. The van der Waals surface area contributed by atoms with Crippen molar-refractivity contribution in [3.05, 3.63) is 18.2 Å². The first-order chi connectivity index (χ1) is 5.79. The Labute approximate surface area is 94.0 Å². The minimum absolute atomic E-state index is 0. The molecule has 1 aromatic heterocycles. The summed E-state index contributed by atoms with van der Waals surface area (Å²) in [5, 5.41) is 0. The van der Waals surface area contributed by atoms with E-state index in [1.54, 1.807) is 12.5 Å². The van der Waals surface area contributed by atoms with Crippen molar-refractivity contribution in [3.8, 4) is 0 Å². The number of halogens is 1. The molecule has 0 radical (unpaired) electrons. The number of H-pyrrole nitrogens is 1. The first kappa shape index (κ1) is 12.2. The zero-order valence-corrected chi connectivity index (χ0v) is 9.56. The van der Waals surface area contributed by atoms with Gasteiger partial charge in [0.15, 0.2) is 5.96 Å². The highest BCUT2D eigenvalue weighted by Gasteiger charge is 1.92. The summed E-state index contributed by atoms with van der Waals surface area (Å²) in [5.41, 5.74) is 11.4. The summed E-state index contributed by atoms with van der Waals surface area (Å²) in [6.07, 6.45) is 5.32. The highest BCUT2D eigenvalue weighted by Crippen LogP contribution is 1.96. The average molecular weight is 295 g/mol. The van der Waals surface area contributed by atoms with E-state index >= 15 is 0 Å². The Kier molecular flexibility index (Phi) is 6.29. The van der Waals surface area contributed by atoms with Crippen LogP contribution in [-0.4, -0.2) is 22.5 Å². The molecule has 0 unspecified atom stereocenters. The van der Waals surface area contributed by atoms with E-state index in [0.29, 0.717) is 6.54 Å². The van der Waals surface area contributed by atoms with Crippen LogP contribution in [0.3, 0.4) is 0 Å². The zero-order chi connectivity index (χ0) is 8.81. The molecule has 1 heterocycles. The van der Waals surface area contributed by atoms with Crippen LogP contribution in [0, 0.1) is 0 Å². The molecule has 0 bridgehead atoms. The van der Waals surface area contributed by atoms with Gasteiger partial charge >= 0.3 is 0 Å². The molecule has 0 saturated heterocycles. The molecular weight excluding hydrogens is 281 g/mol. The number of nitrogens with one attached hydrogen (secondary N) is 1. The van der Waals surface area contributed by atoms with Crippen molar-refractivity contribution < 1.29 is 0 Å². The highest BCUT2D eigenvalue weighted by atomic mass is 127. The SMILES string of the molecule is I.NC(N)=NCCCc1cnc[nH]1. The standard InChI is InChI=1S/C7H13N5.HI/c8-7(9)11-3-1-2-6-4-10-5-12-6;/h4-5H,1-3H2,(H,10,12)(H4,8,9,11);1H. The van der Waals surface area contributed by atoms with Crippen molar-refractivity contribution in [1.82, 2.24) is 9.97 Å². The lowest BCUT2D eigenvalue weighted by Crippen LogP contribution is -2.23. The molecule has 0 aromatic carbocycles. The van der Waals surface area contributed by atoms with Crippen LogP contribution in [0.25, 0.3) is 0 Å². The molecule has 1 rings (SSSR count). The first-order valence-corrected chi connectivity index (χ1v) is 3.81. The Morgan fingerprint density at radius 1 is 1.54 bits per heavy atom. The van der Waals surface area contributed by atoms with Crippen LogP contribution in [0.1, 0.15) is 12.1 Å². The Hall–Kier alpha value is -0.790. The number of aromatic nitrogens is 2. The monoisotopic (exact) mass is 295 g/mol. The molecule has 0 spiro atoms. The largest absolute Gasteiger partial charge is 0.370 e. The van der Waals surface area contributed by atoms with Crippen molar-refractivity contribution in [1.29, 1.82) is 0 Å². The fourth-order valence-electron chi connectivity index (χ4n) is 0.899. The Balaban J connectivity index is 0.00000144. The number of aryl methyl sites for hydroxylation is 1. The maximum Gasteiger partial charge on any atom is 0.185 e. The van der Waals surface area contributed by atoms with Crippen LogP contribution in [0.2, 0.25) is 0 Å². The fraction of sp³-hybridized carbons (Fsp3) is 0.429. The van der Waals surface area contributed by atoms with Gasteiger partial charge in [-0.2, -0.15) is 0 Å². The second kappa shape index (κ2) is 6.70. The minimum Gasteiger partial charge on any atom is -0.370 e. The molecule has 1 aromatic rings. The third kappa shape index (κ3) is 5.45. The van der Waals surface area contributed by atoms with Crippen LogP contribution < -0.4 is 11.5 Å².